The van der Waals surface area contributed by atoms with Gasteiger partial charge in [0, 0.05) is 18.6 Å². The molecule has 0 radical (unpaired) electrons. The SMILES string of the molecule is COc1ccc(C=Cc2ccnc3nc(-n4cccc4)nn23)cc1. The lowest BCUT2D eigenvalue weighted by molar-refractivity contribution is 0.415. The first-order valence-electron chi connectivity index (χ1n) is 7.51. The predicted octanol–water partition coefficient (Wildman–Crippen LogP) is 3.09. The van der Waals surface area contributed by atoms with Crippen LogP contribution in [0, 0.1) is 0 Å². The fourth-order valence-electron chi connectivity index (χ4n) is 2.40. The first kappa shape index (κ1) is 14.2. The van der Waals surface area contributed by atoms with Crippen molar-refractivity contribution in [2.45, 2.75) is 0 Å². The molecule has 24 heavy (non-hydrogen) atoms. The maximum absolute atomic E-state index is 5.17. The third kappa shape index (κ3) is 2.65. The lowest BCUT2D eigenvalue weighted by atomic mass is 10.2. The highest BCUT2D eigenvalue weighted by molar-refractivity contribution is 5.69. The molecule has 4 rings (SSSR count). The van der Waals surface area contributed by atoms with Gasteiger partial charge in [-0.25, -0.2) is 4.98 Å². The van der Waals surface area contributed by atoms with Crippen LogP contribution in [0.1, 0.15) is 11.3 Å². The Kier molecular flexibility index (Phi) is 3.55. The molecule has 0 spiro atoms. The van der Waals surface area contributed by atoms with E-state index in [1.54, 1.807) is 17.8 Å². The molecule has 0 saturated heterocycles. The van der Waals surface area contributed by atoms with Gasteiger partial charge in [-0.05, 0) is 42.0 Å². The summed E-state index contributed by atoms with van der Waals surface area (Å²) < 4.78 is 8.76. The van der Waals surface area contributed by atoms with Crippen LogP contribution >= 0.6 is 0 Å². The van der Waals surface area contributed by atoms with Gasteiger partial charge in [0.15, 0.2) is 0 Å². The molecule has 4 aromatic rings. The van der Waals surface area contributed by atoms with Crippen LogP contribution in [0.25, 0.3) is 23.9 Å². The average molecular weight is 317 g/mol. The van der Waals surface area contributed by atoms with Crippen LogP contribution in [-0.4, -0.2) is 31.3 Å². The number of rotatable bonds is 4. The molecule has 6 nitrogen and oxygen atoms in total. The molecular weight excluding hydrogens is 302 g/mol. The van der Waals surface area contributed by atoms with Gasteiger partial charge in [-0.3, -0.25) is 4.57 Å². The first-order chi connectivity index (χ1) is 11.8. The molecule has 0 amide bonds. The van der Waals surface area contributed by atoms with Crippen molar-refractivity contribution in [2.75, 3.05) is 7.11 Å². The van der Waals surface area contributed by atoms with Crippen molar-refractivity contribution in [2.24, 2.45) is 0 Å². The largest absolute Gasteiger partial charge is 0.497 e. The van der Waals surface area contributed by atoms with E-state index in [0.717, 1.165) is 17.0 Å². The molecule has 0 fully saturated rings. The highest BCUT2D eigenvalue weighted by Gasteiger charge is 2.07. The Bertz CT molecular complexity index is 984. The van der Waals surface area contributed by atoms with Crippen LogP contribution in [0.4, 0.5) is 0 Å². The zero-order valence-electron chi connectivity index (χ0n) is 13.1. The number of hydrogen-bond donors (Lipinski definition) is 0. The standard InChI is InChI=1S/C18H15N5O/c1-24-16-8-5-14(6-9-16)4-7-15-10-11-19-17-20-18(21-23(15)17)22-12-2-3-13-22/h2-13H,1H3. The Morgan fingerprint density at radius 3 is 2.54 bits per heavy atom. The van der Waals surface area contributed by atoms with E-state index in [-0.39, 0.29) is 0 Å². The molecule has 0 atom stereocenters. The van der Waals surface area contributed by atoms with Crippen LogP contribution in [0.15, 0.2) is 61.1 Å². The van der Waals surface area contributed by atoms with Gasteiger partial charge in [0.25, 0.3) is 11.7 Å². The molecule has 6 heteroatoms. The molecule has 0 unspecified atom stereocenters. The van der Waals surface area contributed by atoms with Gasteiger partial charge < -0.3 is 4.74 Å². The van der Waals surface area contributed by atoms with Crippen molar-refractivity contribution in [1.82, 2.24) is 24.1 Å². The second kappa shape index (κ2) is 6.00. The highest BCUT2D eigenvalue weighted by Crippen LogP contribution is 2.14. The summed E-state index contributed by atoms with van der Waals surface area (Å²) in [5.74, 6) is 2.00. The van der Waals surface area contributed by atoms with Crippen molar-refractivity contribution in [3.63, 3.8) is 0 Å². The topological polar surface area (TPSA) is 57.2 Å². The zero-order valence-corrected chi connectivity index (χ0v) is 13.1. The van der Waals surface area contributed by atoms with Crippen molar-refractivity contribution >= 4 is 17.9 Å². The predicted molar refractivity (Wildman–Crippen MR) is 92.0 cm³/mol. The molecule has 3 heterocycles. The number of methoxy groups -OCH3 is 1. The van der Waals surface area contributed by atoms with E-state index < -0.39 is 0 Å². The molecule has 0 aliphatic rings. The zero-order chi connectivity index (χ0) is 16.4. The molecule has 118 valence electrons. The van der Waals surface area contributed by atoms with E-state index in [9.17, 15) is 0 Å². The van der Waals surface area contributed by atoms with Crippen molar-refractivity contribution in [3.05, 3.63) is 72.3 Å². The number of ether oxygens (including phenoxy) is 1. The number of nitrogens with zero attached hydrogens (tertiary/aromatic N) is 5. The van der Waals surface area contributed by atoms with Crippen LogP contribution in [0.5, 0.6) is 5.75 Å². The van der Waals surface area contributed by atoms with Crippen molar-refractivity contribution in [3.8, 4) is 11.7 Å². The highest BCUT2D eigenvalue weighted by atomic mass is 16.5. The van der Waals surface area contributed by atoms with Gasteiger partial charge in [-0.15, -0.1) is 5.10 Å². The van der Waals surface area contributed by atoms with E-state index in [1.165, 1.54) is 0 Å². The van der Waals surface area contributed by atoms with Gasteiger partial charge in [-0.2, -0.15) is 9.50 Å². The summed E-state index contributed by atoms with van der Waals surface area (Å²) in [5.41, 5.74) is 1.98. The second-order valence-electron chi connectivity index (χ2n) is 5.19. The smallest absolute Gasteiger partial charge is 0.255 e. The van der Waals surface area contributed by atoms with Gasteiger partial charge in [0.1, 0.15) is 5.75 Å². The fraction of sp³-hybridized carbons (Fsp3) is 0.0556. The lowest BCUT2D eigenvalue weighted by Gasteiger charge is -2.00. The summed E-state index contributed by atoms with van der Waals surface area (Å²) >= 11 is 0. The second-order valence-corrected chi connectivity index (χ2v) is 5.19. The van der Waals surface area contributed by atoms with Crippen LogP contribution in [0.2, 0.25) is 0 Å². The van der Waals surface area contributed by atoms with E-state index in [1.807, 2.05) is 71.6 Å². The summed E-state index contributed by atoms with van der Waals surface area (Å²) in [5, 5.41) is 4.53. The number of fused-ring (bicyclic) bond motifs is 1. The summed E-state index contributed by atoms with van der Waals surface area (Å²) in [6.07, 6.45) is 9.55. The minimum Gasteiger partial charge on any atom is -0.497 e. The minimum absolute atomic E-state index is 0.565. The quantitative estimate of drug-likeness (QED) is 0.580. The summed E-state index contributed by atoms with van der Waals surface area (Å²) in [6, 6.07) is 13.6. The Morgan fingerprint density at radius 1 is 1.00 bits per heavy atom. The van der Waals surface area contributed by atoms with Gasteiger partial charge in [0.05, 0.1) is 12.8 Å². The maximum Gasteiger partial charge on any atom is 0.255 e. The maximum atomic E-state index is 5.17. The number of aromatic nitrogens is 5. The van der Waals surface area contributed by atoms with Gasteiger partial charge in [-0.1, -0.05) is 18.2 Å². The van der Waals surface area contributed by atoms with E-state index in [2.05, 4.69) is 15.1 Å². The average Bonchev–Trinajstić information content (AvgIpc) is 3.29. The first-order valence-corrected chi connectivity index (χ1v) is 7.51. The summed E-state index contributed by atoms with van der Waals surface area (Å²) in [6.45, 7) is 0. The van der Waals surface area contributed by atoms with Crippen molar-refractivity contribution < 1.29 is 4.74 Å². The van der Waals surface area contributed by atoms with Crippen molar-refractivity contribution in [1.29, 1.82) is 0 Å². The molecular formula is C18H15N5O. The molecule has 0 bridgehead atoms. The fourth-order valence-corrected chi connectivity index (χ4v) is 2.40. The normalized spacial score (nSPS) is 11.4. The van der Waals surface area contributed by atoms with E-state index in [4.69, 9.17) is 4.74 Å². The Balaban J connectivity index is 1.69. The van der Waals surface area contributed by atoms with E-state index in [0.29, 0.717) is 11.7 Å². The third-order valence-electron chi connectivity index (χ3n) is 3.66. The van der Waals surface area contributed by atoms with Gasteiger partial charge in [0.2, 0.25) is 0 Å². The molecule has 3 aromatic heterocycles. The Hall–Kier alpha value is -3.41. The molecule has 0 N–H and O–H groups in total. The minimum atomic E-state index is 0.565. The van der Waals surface area contributed by atoms with Crippen LogP contribution in [-0.2, 0) is 0 Å². The Labute approximate surface area is 138 Å². The molecule has 1 aromatic carbocycles. The Morgan fingerprint density at radius 2 is 1.79 bits per heavy atom. The summed E-state index contributed by atoms with van der Waals surface area (Å²) in [7, 11) is 1.66. The van der Waals surface area contributed by atoms with Crippen LogP contribution in [0.3, 0.4) is 0 Å². The van der Waals surface area contributed by atoms with Gasteiger partial charge >= 0.3 is 0 Å². The summed E-state index contributed by atoms with van der Waals surface area (Å²) in [4.78, 5) is 8.72. The molecule has 0 aliphatic carbocycles. The van der Waals surface area contributed by atoms with Crippen LogP contribution < -0.4 is 4.74 Å². The molecule has 0 saturated carbocycles. The lowest BCUT2D eigenvalue weighted by Crippen LogP contribution is -1.96. The third-order valence-corrected chi connectivity index (χ3v) is 3.66. The number of benzene rings is 1. The molecule has 0 aliphatic heterocycles. The number of hydrogen-bond acceptors (Lipinski definition) is 4. The monoisotopic (exact) mass is 317 g/mol. The van der Waals surface area contributed by atoms with E-state index >= 15 is 0 Å².